The molecule has 0 bridgehead atoms. The summed E-state index contributed by atoms with van der Waals surface area (Å²) in [5.41, 5.74) is 6.09. The van der Waals surface area contributed by atoms with Gasteiger partial charge in [0.15, 0.2) is 0 Å². The topological polar surface area (TPSA) is 128 Å². The van der Waals surface area contributed by atoms with Gasteiger partial charge in [0.2, 0.25) is 5.91 Å². The van der Waals surface area contributed by atoms with Crippen molar-refractivity contribution in [2.75, 3.05) is 6.61 Å². The van der Waals surface area contributed by atoms with Crippen LogP contribution in [0.3, 0.4) is 0 Å². The second-order valence-electron chi connectivity index (χ2n) is 7.39. The Balaban J connectivity index is 2.58. The number of phenols is 1. The Morgan fingerprint density at radius 1 is 1.04 bits per heavy atom. The van der Waals surface area contributed by atoms with Crippen LogP contribution >= 0.6 is 0 Å². The van der Waals surface area contributed by atoms with Gasteiger partial charge in [0, 0.05) is 0 Å². The van der Waals surface area contributed by atoms with E-state index in [9.17, 15) is 19.5 Å². The molecule has 28 heavy (non-hydrogen) atoms. The molecule has 0 aliphatic carbocycles. The van der Waals surface area contributed by atoms with Crippen LogP contribution in [0.25, 0.3) is 0 Å². The SMILES string of the molecule is CC(COC(=O)c1ccc(O)cc1)OC(=O)C(NC(=O)C(N)C(C)C)C(C)C. The van der Waals surface area contributed by atoms with E-state index in [1.807, 2.05) is 13.8 Å². The number of esters is 2. The lowest BCUT2D eigenvalue weighted by Gasteiger charge is -2.25. The first-order valence-electron chi connectivity index (χ1n) is 9.25. The van der Waals surface area contributed by atoms with Crippen molar-refractivity contribution in [2.45, 2.75) is 52.8 Å². The summed E-state index contributed by atoms with van der Waals surface area (Å²) in [5, 5.41) is 11.9. The monoisotopic (exact) mass is 394 g/mol. The quantitative estimate of drug-likeness (QED) is 0.543. The molecule has 0 saturated heterocycles. The normalized spacial score (nSPS) is 14.3. The van der Waals surface area contributed by atoms with Crippen molar-refractivity contribution in [3.8, 4) is 5.75 Å². The first-order chi connectivity index (χ1) is 13.0. The minimum absolute atomic E-state index is 0.0396. The van der Waals surface area contributed by atoms with E-state index in [4.69, 9.17) is 15.2 Å². The Morgan fingerprint density at radius 3 is 2.11 bits per heavy atom. The number of rotatable bonds is 9. The second kappa shape index (κ2) is 10.7. The number of hydrogen-bond acceptors (Lipinski definition) is 7. The average molecular weight is 394 g/mol. The van der Waals surface area contributed by atoms with Crippen LogP contribution < -0.4 is 11.1 Å². The molecule has 3 unspecified atom stereocenters. The first kappa shape index (κ1) is 23.4. The molecule has 0 aromatic heterocycles. The van der Waals surface area contributed by atoms with Crippen LogP contribution in [-0.2, 0) is 19.1 Å². The lowest BCUT2D eigenvalue weighted by atomic mass is 10.0. The molecule has 0 fully saturated rings. The van der Waals surface area contributed by atoms with Crippen LogP contribution in [0.2, 0.25) is 0 Å². The third-order valence-corrected chi connectivity index (χ3v) is 4.11. The van der Waals surface area contributed by atoms with Gasteiger partial charge in [-0.25, -0.2) is 9.59 Å². The highest BCUT2D eigenvalue weighted by Gasteiger charge is 2.29. The molecule has 1 rings (SSSR count). The number of ether oxygens (including phenoxy) is 2. The standard InChI is InChI=1S/C20H30N2O6/c1-11(2)16(21)18(24)22-17(12(3)4)20(26)28-13(5)10-27-19(25)14-6-8-15(23)9-7-14/h6-9,11-13,16-17,23H,10,21H2,1-5H3,(H,22,24). The fourth-order valence-corrected chi connectivity index (χ4v) is 2.23. The van der Waals surface area contributed by atoms with Crippen molar-refractivity contribution >= 4 is 17.8 Å². The van der Waals surface area contributed by atoms with E-state index in [0.717, 1.165) is 0 Å². The zero-order valence-electron chi connectivity index (χ0n) is 17.0. The van der Waals surface area contributed by atoms with E-state index >= 15 is 0 Å². The summed E-state index contributed by atoms with van der Waals surface area (Å²) < 4.78 is 10.4. The maximum atomic E-state index is 12.4. The first-order valence-corrected chi connectivity index (χ1v) is 9.25. The van der Waals surface area contributed by atoms with Crippen molar-refractivity contribution in [3.05, 3.63) is 29.8 Å². The van der Waals surface area contributed by atoms with Crippen molar-refractivity contribution < 1.29 is 29.0 Å². The summed E-state index contributed by atoms with van der Waals surface area (Å²) in [6, 6.07) is 4.02. The molecular formula is C20H30N2O6. The molecule has 0 aliphatic heterocycles. The van der Waals surface area contributed by atoms with Crippen LogP contribution in [0.4, 0.5) is 0 Å². The molecular weight excluding hydrogens is 364 g/mol. The van der Waals surface area contributed by atoms with Crippen LogP contribution in [-0.4, -0.2) is 47.7 Å². The van der Waals surface area contributed by atoms with Gasteiger partial charge in [-0.2, -0.15) is 0 Å². The molecule has 1 aromatic carbocycles. The van der Waals surface area contributed by atoms with Crippen LogP contribution in [0, 0.1) is 11.8 Å². The Morgan fingerprint density at radius 2 is 1.61 bits per heavy atom. The molecule has 1 aromatic rings. The van der Waals surface area contributed by atoms with Gasteiger partial charge in [0.25, 0.3) is 0 Å². The molecule has 0 spiro atoms. The average Bonchev–Trinajstić information content (AvgIpc) is 2.63. The summed E-state index contributed by atoms with van der Waals surface area (Å²) >= 11 is 0. The Kier molecular flexibility index (Phi) is 8.91. The van der Waals surface area contributed by atoms with Crippen molar-refractivity contribution in [1.82, 2.24) is 5.32 Å². The molecule has 8 nitrogen and oxygen atoms in total. The van der Waals surface area contributed by atoms with Gasteiger partial charge < -0.3 is 25.6 Å². The number of amides is 1. The predicted octanol–water partition coefficient (Wildman–Crippen LogP) is 1.60. The lowest BCUT2D eigenvalue weighted by Crippen LogP contribution is -2.53. The number of aromatic hydroxyl groups is 1. The largest absolute Gasteiger partial charge is 0.508 e. The maximum Gasteiger partial charge on any atom is 0.338 e. The zero-order chi connectivity index (χ0) is 21.4. The van der Waals surface area contributed by atoms with Crippen LogP contribution in [0.1, 0.15) is 45.0 Å². The van der Waals surface area contributed by atoms with Gasteiger partial charge in [-0.1, -0.05) is 27.7 Å². The minimum Gasteiger partial charge on any atom is -0.508 e. The number of nitrogens with two attached hydrogens (primary N) is 1. The zero-order valence-corrected chi connectivity index (χ0v) is 17.0. The smallest absolute Gasteiger partial charge is 0.338 e. The van der Waals surface area contributed by atoms with E-state index in [2.05, 4.69) is 5.32 Å². The fraction of sp³-hybridized carbons (Fsp3) is 0.550. The van der Waals surface area contributed by atoms with Gasteiger partial charge >= 0.3 is 11.9 Å². The minimum atomic E-state index is -0.854. The number of benzene rings is 1. The molecule has 0 saturated carbocycles. The number of nitrogens with one attached hydrogen (secondary N) is 1. The number of carbonyl (C=O) groups is 3. The summed E-state index contributed by atoms with van der Waals surface area (Å²) in [7, 11) is 0. The van der Waals surface area contributed by atoms with E-state index in [1.165, 1.54) is 24.3 Å². The van der Waals surface area contributed by atoms with Crippen molar-refractivity contribution in [2.24, 2.45) is 17.6 Å². The molecule has 8 heteroatoms. The van der Waals surface area contributed by atoms with Crippen molar-refractivity contribution in [1.29, 1.82) is 0 Å². The summed E-state index contributed by atoms with van der Waals surface area (Å²) in [6.45, 7) is 8.64. The molecule has 0 heterocycles. The number of phenolic OH excluding ortho intramolecular Hbond substituents is 1. The van der Waals surface area contributed by atoms with E-state index in [1.54, 1.807) is 20.8 Å². The third kappa shape index (κ3) is 7.19. The lowest BCUT2D eigenvalue weighted by molar-refractivity contribution is -0.155. The van der Waals surface area contributed by atoms with Gasteiger partial charge in [0.1, 0.15) is 24.5 Å². The molecule has 0 aliphatic rings. The van der Waals surface area contributed by atoms with E-state index < -0.39 is 36.0 Å². The maximum absolute atomic E-state index is 12.4. The van der Waals surface area contributed by atoms with Crippen molar-refractivity contribution in [3.63, 3.8) is 0 Å². The second-order valence-corrected chi connectivity index (χ2v) is 7.39. The molecule has 0 radical (unpaired) electrons. The highest BCUT2D eigenvalue weighted by atomic mass is 16.6. The van der Waals surface area contributed by atoms with Gasteiger partial charge in [-0.15, -0.1) is 0 Å². The van der Waals surface area contributed by atoms with Crippen LogP contribution in [0.5, 0.6) is 5.75 Å². The summed E-state index contributed by atoms with van der Waals surface area (Å²) in [6.07, 6.45) is -0.703. The highest BCUT2D eigenvalue weighted by molar-refractivity contribution is 5.89. The van der Waals surface area contributed by atoms with E-state index in [0.29, 0.717) is 0 Å². The van der Waals surface area contributed by atoms with Gasteiger partial charge in [-0.3, -0.25) is 4.79 Å². The Labute approximate surface area is 165 Å². The number of carbonyl (C=O) groups excluding carboxylic acids is 3. The predicted molar refractivity (Wildman–Crippen MR) is 104 cm³/mol. The summed E-state index contributed by atoms with van der Waals surface area (Å²) in [5.74, 6) is -1.87. The molecule has 4 N–H and O–H groups in total. The van der Waals surface area contributed by atoms with Gasteiger partial charge in [0.05, 0.1) is 11.6 Å². The summed E-state index contributed by atoms with van der Waals surface area (Å²) in [4.78, 5) is 36.5. The molecule has 156 valence electrons. The van der Waals surface area contributed by atoms with Gasteiger partial charge in [-0.05, 0) is 43.0 Å². The fourth-order valence-electron chi connectivity index (χ4n) is 2.23. The third-order valence-electron chi connectivity index (χ3n) is 4.11. The highest BCUT2D eigenvalue weighted by Crippen LogP contribution is 2.12. The molecule has 3 atom stereocenters. The Bertz CT molecular complexity index is 672. The molecule has 1 amide bonds. The number of hydrogen-bond donors (Lipinski definition) is 3. The Hall–Kier alpha value is -2.61. The van der Waals surface area contributed by atoms with E-state index in [-0.39, 0.29) is 29.8 Å². The van der Waals surface area contributed by atoms with Crippen LogP contribution in [0.15, 0.2) is 24.3 Å².